The average molecular weight is 350 g/mol. The summed E-state index contributed by atoms with van der Waals surface area (Å²) < 4.78 is 2.16. The Balaban J connectivity index is 2.10. The van der Waals surface area contributed by atoms with E-state index < -0.39 is 0 Å². The molecule has 0 atom stereocenters. The van der Waals surface area contributed by atoms with Crippen LogP contribution in [0.5, 0.6) is 0 Å². The molecule has 0 N–H and O–H groups in total. The number of anilines is 2. The summed E-state index contributed by atoms with van der Waals surface area (Å²) in [4.78, 5) is 8.09. The molecular formula is C15H16BrN3S. The molecule has 0 spiro atoms. The fourth-order valence-corrected chi connectivity index (χ4v) is 3.59. The van der Waals surface area contributed by atoms with Gasteiger partial charge in [0.2, 0.25) is 0 Å². The van der Waals surface area contributed by atoms with Crippen molar-refractivity contribution in [3.8, 4) is 0 Å². The van der Waals surface area contributed by atoms with Crippen LogP contribution in [0.4, 0.5) is 11.5 Å². The van der Waals surface area contributed by atoms with Gasteiger partial charge in [0.15, 0.2) is 10.8 Å². The van der Waals surface area contributed by atoms with Crippen LogP contribution in [-0.2, 0) is 5.33 Å². The minimum absolute atomic E-state index is 0.794. The first-order chi connectivity index (χ1) is 9.74. The van der Waals surface area contributed by atoms with Gasteiger partial charge in [-0.3, -0.25) is 4.40 Å². The number of benzene rings is 1. The van der Waals surface area contributed by atoms with Crippen LogP contribution in [0.3, 0.4) is 0 Å². The third-order valence-electron chi connectivity index (χ3n) is 3.38. The summed E-state index contributed by atoms with van der Waals surface area (Å²) in [5.41, 5.74) is 3.66. The lowest BCUT2D eigenvalue weighted by atomic mass is 10.2. The zero-order valence-corrected chi connectivity index (χ0v) is 13.9. The standard InChI is InChI=1S/C15H16BrN3S/c1-3-18(12-6-4-11(2)5-7-12)14-13(10-16)19-8-9-20-15(19)17-14/h4-9H,3,10H2,1-2H3. The monoisotopic (exact) mass is 349 g/mol. The van der Waals surface area contributed by atoms with Crippen LogP contribution >= 0.6 is 27.3 Å². The third kappa shape index (κ3) is 2.25. The Labute approximate surface area is 131 Å². The van der Waals surface area contributed by atoms with Gasteiger partial charge >= 0.3 is 0 Å². The van der Waals surface area contributed by atoms with E-state index in [1.807, 2.05) is 0 Å². The van der Waals surface area contributed by atoms with Gasteiger partial charge in [0.25, 0.3) is 0 Å². The van der Waals surface area contributed by atoms with Crippen LogP contribution in [0.15, 0.2) is 35.8 Å². The molecule has 0 saturated carbocycles. The number of aryl methyl sites for hydroxylation is 1. The SMILES string of the molecule is CCN(c1ccc(C)cc1)c1nc2sccn2c1CBr. The van der Waals surface area contributed by atoms with Crippen LogP contribution in [0, 0.1) is 6.92 Å². The molecule has 0 unspecified atom stereocenters. The average Bonchev–Trinajstić information content (AvgIpc) is 3.02. The Bertz CT molecular complexity index is 714. The van der Waals surface area contributed by atoms with E-state index in [1.54, 1.807) is 11.3 Å². The van der Waals surface area contributed by atoms with Gasteiger partial charge in [-0.1, -0.05) is 33.6 Å². The van der Waals surface area contributed by atoms with E-state index in [9.17, 15) is 0 Å². The van der Waals surface area contributed by atoms with E-state index in [1.165, 1.54) is 16.9 Å². The number of rotatable bonds is 4. The molecule has 0 aliphatic carbocycles. The number of fused-ring (bicyclic) bond motifs is 1. The Kier molecular flexibility index (Phi) is 3.81. The molecule has 104 valence electrons. The van der Waals surface area contributed by atoms with Crippen molar-refractivity contribution in [2.24, 2.45) is 0 Å². The second-order valence-corrected chi connectivity index (χ2v) is 6.08. The zero-order chi connectivity index (χ0) is 14.1. The number of hydrogen-bond acceptors (Lipinski definition) is 3. The fourth-order valence-electron chi connectivity index (χ4n) is 2.34. The predicted molar refractivity (Wildman–Crippen MR) is 89.6 cm³/mol. The third-order valence-corrected chi connectivity index (χ3v) is 4.67. The minimum atomic E-state index is 0.794. The van der Waals surface area contributed by atoms with E-state index >= 15 is 0 Å². The first-order valence-corrected chi connectivity index (χ1v) is 8.59. The molecule has 1 aromatic carbocycles. The molecule has 0 aliphatic rings. The molecule has 3 nitrogen and oxygen atoms in total. The van der Waals surface area contributed by atoms with Gasteiger partial charge in [-0.2, -0.15) is 0 Å². The van der Waals surface area contributed by atoms with Crippen molar-refractivity contribution in [2.45, 2.75) is 19.2 Å². The van der Waals surface area contributed by atoms with Crippen molar-refractivity contribution in [1.29, 1.82) is 0 Å². The quantitative estimate of drug-likeness (QED) is 0.633. The Hall–Kier alpha value is -1.33. The molecule has 2 aromatic heterocycles. The molecule has 20 heavy (non-hydrogen) atoms. The van der Waals surface area contributed by atoms with Crippen LogP contribution in [-0.4, -0.2) is 15.9 Å². The van der Waals surface area contributed by atoms with E-state index in [4.69, 9.17) is 4.98 Å². The summed E-state index contributed by atoms with van der Waals surface area (Å²) in [5, 5.41) is 2.86. The second kappa shape index (κ2) is 5.58. The first-order valence-electron chi connectivity index (χ1n) is 6.59. The van der Waals surface area contributed by atoms with Crippen LogP contribution < -0.4 is 4.90 Å². The van der Waals surface area contributed by atoms with Crippen molar-refractivity contribution in [1.82, 2.24) is 9.38 Å². The normalized spacial score (nSPS) is 11.2. The predicted octanol–water partition coefficient (Wildman–Crippen LogP) is 4.76. The summed E-state index contributed by atoms with van der Waals surface area (Å²) in [7, 11) is 0. The van der Waals surface area contributed by atoms with Gasteiger partial charge in [0, 0.05) is 29.1 Å². The summed E-state index contributed by atoms with van der Waals surface area (Å²) in [6.07, 6.45) is 2.08. The van der Waals surface area contributed by atoms with Gasteiger partial charge in [0.1, 0.15) is 0 Å². The van der Waals surface area contributed by atoms with Crippen molar-refractivity contribution in [3.05, 3.63) is 47.1 Å². The fraction of sp³-hybridized carbons (Fsp3) is 0.267. The van der Waals surface area contributed by atoms with E-state index in [0.717, 1.165) is 22.7 Å². The molecule has 0 amide bonds. The van der Waals surface area contributed by atoms with Gasteiger partial charge < -0.3 is 4.90 Å². The van der Waals surface area contributed by atoms with Crippen LogP contribution in [0.2, 0.25) is 0 Å². The van der Waals surface area contributed by atoms with E-state index in [2.05, 4.69) is 74.9 Å². The Morgan fingerprint density at radius 3 is 2.70 bits per heavy atom. The van der Waals surface area contributed by atoms with Gasteiger partial charge in [-0.15, -0.1) is 11.3 Å². The number of alkyl halides is 1. The molecule has 0 aliphatic heterocycles. The summed E-state index contributed by atoms with van der Waals surface area (Å²) in [5.74, 6) is 1.04. The lowest BCUT2D eigenvalue weighted by molar-refractivity contribution is 0.983. The highest BCUT2D eigenvalue weighted by molar-refractivity contribution is 9.08. The highest BCUT2D eigenvalue weighted by Crippen LogP contribution is 2.31. The first kappa shape index (κ1) is 13.6. The molecule has 0 saturated heterocycles. The number of halogens is 1. The minimum Gasteiger partial charge on any atom is -0.325 e. The van der Waals surface area contributed by atoms with Crippen LogP contribution in [0.1, 0.15) is 18.2 Å². The maximum absolute atomic E-state index is 4.79. The maximum atomic E-state index is 4.79. The maximum Gasteiger partial charge on any atom is 0.195 e. The lowest BCUT2D eigenvalue weighted by Crippen LogP contribution is -2.17. The molecule has 0 radical (unpaired) electrons. The van der Waals surface area contributed by atoms with Crippen molar-refractivity contribution < 1.29 is 0 Å². The summed E-state index contributed by atoms with van der Waals surface area (Å²) in [6, 6.07) is 8.60. The van der Waals surface area contributed by atoms with Crippen molar-refractivity contribution >= 4 is 43.7 Å². The summed E-state index contributed by atoms with van der Waals surface area (Å²) in [6.45, 7) is 5.16. The number of imidazole rings is 1. The number of nitrogens with zero attached hydrogens (tertiary/aromatic N) is 3. The van der Waals surface area contributed by atoms with Crippen LogP contribution in [0.25, 0.3) is 4.96 Å². The Morgan fingerprint density at radius 2 is 2.05 bits per heavy atom. The van der Waals surface area contributed by atoms with E-state index in [-0.39, 0.29) is 0 Å². The highest BCUT2D eigenvalue weighted by Gasteiger charge is 2.18. The molecule has 5 heteroatoms. The molecule has 0 fully saturated rings. The van der Waals surface area contributed by atoms with Gasteiger partial charge in [-0.25, -0.2) is 4.98 Å². The van der Waals surface area contributed by atoms with Crippen molar-refractivity contribution in [2.75, 3.05) is 11.4 Å². The number of thiazole rings is 1. The van der Waals surface area contributed by atoms with Gasteiger partial charge in [0.05, 0.1) is 5.69 Å². The molecule has 2 heterocycles. The molecular weight excluding hydrogens is 334 g/mol. The smallest absolute Gasteiger partial charge is 0.195 e. The van der Waals surface area contributed by atoms with Gasteiger partial charge in [-0.05, 0) is 26.0 Å². The second-order valence-electron chi connectivity index (χ2n) is 4.65. The highest BCUT2D eigenvalue weighted by atomic mass is 79.9. The van der Waals surface area contributed by atoms with E-state index in [0.29, 0.717) is 0 Å². The lowest BCUT2D eigenvalue weighted by Gasteiger charge is -2.22. The molecule has 0 bridgehead atoms. The van der Waals surface area contributed by atoms with Crippen molar-refractivity contribution in [3.63, 3.8) is 0 Å². The zero-order valence-electron chi connectivity index (χ0n) is 11.5. The summed E-state index contributed by atoms with van der Waals surface area (Å²) >= 11 is 5.26. The largest absolute Gasteiger partial charge is 0.325 e. The number of aromatic nitrogens is 2. The number of hydrogen-bond donors (Lipinski definition) is 0. The Morgan fingerprint density at radius 1 is 1.30 bits per heavy atom. The molecule has 3 aromatic rings. The molecule has 3 rings (SSSR count). The topological polar surface area (TPSA) is 20.5 Å².